The molecule has 0 radical (unpaired) electrons. The molecule has 1 aliphatic carbocycles. The third kappa shape index (κ3) is 4.91. The molecule has 9 rings (SSSR count). The molecule has 1 atom stereocenters. The maximum Gasteiger partial charge on any atom is 0.227 e. The Bertz CT molecular complexity index is 2420. The smallest absolute Gasteiger partial charge is 0.227 e. The first kappa shape index (κ1) is 27.2. The number of fused-ring (bicyclic) bond motifs is 5. The average Bonchev–Trinajstić information content (AvgIpc) is 3.75. The summed E-state index contributed by atoms with van der Waals surface area (Å²) in [5.74, 6) is 0.611. The van der Waals surface area contributed by atoms with Crippen LogP contribution in [-0.4, -0.2) is 11.0 Å². The van der Waals surface area contributed by atoms with Crippen LogP contribution in [0.2, 0.25) is 0 Å². The fourth-order valence-electron chi connectivity index (χ4n) is 6.72. The number of hydrogen-bond acceptors (Lipinski definition) is 4. The Morgan fingerprint density at radius 1 is 0.553 bits per heavy atom. The zero-order valence-electron chi connectivity index (χ0n) is 25.6. The topological polar surface area (TPSA) is 42.4 Å². The number of rotatable bonds is 6. The van der Waals surface area contributed by atoms with Crippen LogP contribution in [0.25, 0.3) is 61.2 Å². The van der Waals surface area contributed by atoms with Crippen molar-refractivity contribution in [2.45, 2.75) is 12.5 Å². The number of allylic oxidation sites excluding steroid dienone is 2. The van der Waals surface area contributed by atoms with Gasteiger partial charge in [-0.2, -0.15) is 0 Å². The van der Waals surface area contributed by atoms with Gasteiger partial charge in [-0.25, -0.2) is 4.98 Å². The van der Waals surface area contributed by atoms with Crippen LogP contribution in [0.3, 0.4) is 0 Å². The molecule has 8 aromatic rings. The Morgan fingerprint density at radius 2 is 1.21 bits per heavy atom. The summed E-state index contributed by atoms with van der Waals surface area (Å²) in [4.78, 5) is 7.31. The van der Waals surface area contributed by atoms with Crippen LogP contribution in [0.15, 0.2) is 173 Å². The van der Waals surface area contributed by atoms with Crippen molar-refractivity contribution in [1.29, 1.82) is 0 Å². The highest BCUT2D eigenvalue weighted by Crippen LogP contribution is 2.39. The number of furan rings is 1. The van der Waals surface area contributed by atoms with Crippen LogP contribution >= 0.6 is 0 Å². The lowest BCUT2D eigenvalue weighted by atomic mass is 9.95. The van der Waals surface area contributed by atoms with Gasteiger partial charge in [0.05, 0.1) is 11.4 Å². The number of oxazole rings is 1. The van der Waals surface area contributed by atoms with Gasteiger partial charge in [-0.15, -0.1) is 0 Å². The van der Waals surface area contributed by atoms with Crippen molar-refractivity contribution in [2.75, 3.05) is 4.90 Å². The maximum atomic E-state index is 6.37. The molecule has 1 unspecified atom stereocenters. The van der Waals surface area contributed by atoms with Gasteiger partial charge in [0.1, 0.15) is 16.7 Å². The molecular formula is C43H30N2O2. The monoisotopic (exact) mass is 606 g/mol. The van der Waals surface area contributed by atoms with Gasteiger partial charge in [0, 0.05) is 22.3 Å². The summed E-state index contributed by atoms with van der Waals surface area (Å²) in [5.41, 5.74) is 11.2. The number of hydrogen-bond donors (Lipinski definition) is 0. The molecule has 0 aliphatic heterocycles. The molecule has 0 N–H and O–H groups in total. The Labute approximate surface area is 272 Å². The lowest BCUT2D eigenvalue weighted by Gasteiger charge is -2.33. The molecule has 6 aromatic carbocycles. The van der Waals surface area contributed by atoms with E-state index in [1.165, 1.54) is 16.8 Å². The standard InChI is InChI=1S/C43H30N2O2/c1-4-10-29(11-5-1)30-16-21-35(22-17-30)45(34-14-8-3-9-15-34)36-23-18-31(19-24-36)33-20-25-37-40(28-33)46-38-26-27-39-42(41(37)38)44-43(47-39)32-12-6-2-7-13-32/h1-21,23-28,35H,22H2. The van der Waals surface area contributed by atoms with E-state index in [1.807, 2.05) is 42.5 Å². The van der Waals surface area contributed by atoms with Gasteiger partial charge in [-0.3, -0.25) is 0 Å². The molecule has 4 nitrogen and oxygen atoms in total. The first-order valence-electron chi connectivity index (χ1n) is 16.0. The second-order valence-electron chi connectivity index (χ2n) is 11.9. The first-order valence-corrected chi connectivity index (χ1v) is 16.0. The second kappa shape index (κ2) is 11.3. The summed E-state index contributed by atoms with van der Waals surface area (Å²) in [5, 5.41) is 2.01. The highest BCUT2D eigenvalue weighted by molar-refractivity contribution is 6.17. The van der Waals surface area contributed by atoms with Crippen LogP contribution in [0.5, 0.6) is 0 Å². The van der Waals surface area contributed by atoms with Crippen molar-refractivity contribution in [3.63, 3.8) is 0 Å². The summed E-state index contributed by atoms with van der Waals surface area (Å²) in [7, 11) is 0. The Kier molecular flexibility index (Phi) is 6.57. The number of para-hydroxylation sites is 1. The predicted molar refractivity (Wildman–Crippen MR) is 193 cm³/mol. The highest BCUT2D eigenvalue weighted by Gasteiger charge is 2.21. The molecule has 0 fully saturated rings. The second-order valence-corrected chi connectivity index (χ2v) is 11.9. The van der Waals surface area contributed by atoms with Crippen LogP contribution in [0, 0.1) is 0 Å². The zero-order chi connectivity index (χ0) is 31.2. The molecule has 0 saturated carbocycles. The van der Waals surface area contributed by atoms with Crippen LogP contribution < -0.4 is 4.90 Å². The normalized spacial score (nSPS) is 14.6. The van der Waals surface area contributed by atoms with Crippen molar-refractivity contribution in [3.8, 4) is 22.6 Å². The molecule has 0 saturated heterocycles. The molecule has 2 aromatic heterocycles. The minimum absolute atomic E-state index is 0.207. The quantitative estimate of drug-likeness (QED) is 0.189. The molecule has 1 aliphatic rings. The van der Waals surface area contributed by atoms with E-state index in [1.54, 1.807) is 0 Å². The van der Waals surface area contributed by atoms with E-state index in [-0.39, 0.29) is 6.04 Å². The molecule has 0 bridgehead atoms. The van der Waals surface area contributed by atoms with E-state index < -0.39 is 0 Å². The van der Waals surface area contributed by atoms with E-state index in [9.17, 15) is 0 Å². The Hall–Kier alpha value is -6.13. The largest absolute Gasteiger partial charge is 0.456 e. The number of aromatic nitrogens is 1. The van der Waals surface area contributed by atoms with Gasteiger partial charge in [-0.05, 0) is 89.3 Å². The third-order valence-corrected chi connectivity index (χ3v) is 9.04. The summed E-state index contributed by atoms with van der Waals surface area (Å²) in [6.07, 6.45) is 7.85. The van der Waals surface area contributed by atoms with E-state index in [4.69, 9.17) is 13.8 Å². The maximum absolute atomic E-state index is 6.37. The lowest BCUT2D eigenvalue weighted by molar-refractivity contribution is 0.619. The van der Waals surface area contributed by atoms with Gasteiger partial charge in [0.2, 0.25) is 5.89 Å². The fourth-order valence-corrected chi connectivity index (χ4v) is 6.72. The number of benzene rings is 6. The van der Waals surface area contributed by atoms with Gasteiger partial charge in [-0.1, -0.05) is 103 Å². The van der Waals surface area contributed by atoms with Crippen molar-refractivity contribution < 1.29 is 8.83 Å². The highest BCUT2D eigenvalue weighted by atomic mass is 16.4. The number of anilines is 2. The SMILES string of the molecule is C1=CC(N(c2ccccc2)c2ccc(-c3ccc4c(c3)oc3ccc5oc(-c6ccccc6)nc5c34)cc2)CC=C1c1ccccc1. The summed E-state index contributed by atoms with van der Waals surface area (Å²) < 4.78 is 12.5. The average molecular weight is 607 g/mol. The summed E-state index contributed by atoms with van der Waals surface area (Å²) in [6.45, 7) is 0. The molecular weight excluding hydrogens is 576 g/mol. The van der Waals surface area contributed by atoms with Crippen LogP contribution in [-0.2, 0) is 0 Å². The van der Waals surface area contributed by atoms with Crippen LogP contribution in [0.1, 0.15) is 12.0 Å². The number of nitrogens with zero attached hydrogens (tertiary/aromatic N) is 2. The lowest BCUT2D eigenvalue weighted by Crippen LogP contribution is -2.30. The Morgan fingerprint density at radius 3 is 1.94 bits per heavy atom. The Balaban J connectivity index is 1.04. The zero-order valence-corrected chi connectivity index (χ0v) is 25.6. The minimum Gasteiger partial charge on any atom is -0.456 e. The van der Waals surface area contributed by atoms with Crippen molar-refractivity contribution in [1.82, 2.24) is 4.98 Å². The molecule has 224 valence electrons. The molecule has 0 amide bonds. The third-order valence-electron chi connectivity index (χ3n) is 9.04. The van der Waals surface area contributed by atoms with E-state index in [2.05, 4.69) is 126 Å². The summed E-state index contributed by atoms with van der Waals surface area (Å²) >= 11 is 0. The van der Waals surface area contributed by atoms with E-state index in [0.717, 1.165) is 61.8 Å². The van der Waals surface area contributed by atoms with Gasteiger partial charge in [0.25, 0.3) is 0 Å². The predicted octanol–water partition coefficient (Wildman–Crippen LogP) is 11.6. The van der Waals surface area contributed by atoms with E-state index in [0.29, 0.717) is 5.89 Å². The van der Waals surface area contributed by atoms with Crippen molar-refractivity contribution >= 4 is 50.0 Å². The van der Waals surface area contributed by atoms with Gasteiger partial charge < -0.3 is 13.7 Å². The molecule has 2 heterocycles. The van der Waals surface area contributed by atoms with Gasteiger partial charge >= 0.3 is 0 Å². The first-order chi connectivity index (χ1) is 23.3. The van der Waals surface area contributed by atoms with Gasteiger partial charge in [0.15, 0.2) is 5.58 Å². The molecule has 47 heavy (non-hydrogen) atoms. The summed E-state index contributed by atoms with van der Waals surface area (Å²) in [6, 6.07) is 50.6. The van der Waals surface area contributed by atoms with Crippen molar-refractivity contribution in [3.05, 3.63) is 169 Å². The van der Waals surface area contributed by atoms with Crippen LogP contribution in [0.4, 0.5) is 11.4 Å². The van der Waals surface area contributed by atoms with Crippen molar-refractivity contribution in [2.24, 2.45) is 0 Å². The minimum atomic E-state index is 0.207. The molecule has 4 heteroatoms. The van der Waals surface area contributed by atoms with E-state index >= 15 is 0 Å². The fraction of sp³-hybridized carbons (Fsp3) is 0.0465. The molecule has 0 spiro atoms.